The molecule has 1 aliphatic heterocycles. The van der Waals surface area contributed by atoms with E-state index in [0.29, 0.717) is 31.6 Å². The van der Waals surface area contributed by atoms with E-state index < -0.39 is 5.54 Å². The number of hydrogen-bond acceptors (Lipinski definition) is 4. The van der Waals surface area contributed by atoms with Crippen LogP contribution in [0.4, 0.5) is 0 Å². The van der Waals surface area contributed by atoms with Crippen LogP contribution in [0.1, 0.15) is 75.9 Å². The Hall–Kier alpha value is -2.06. The number of rotatable bonds is 2. The number of nitrogens with zero attached hydrogens (tertiary/aromatic N) is 1. The minimum atomic E-state index is -0.892. The quantitative estimate of drug-likeness (QED) is 0.842. The summed E-state index contributed by atoms with van der Waals surface area (Å²) in [6.45, 7) is 13.0. The van der Waals surface area contributed by atoms with Gasteiger partial charge in [0.05, 0.1) is 6.07 Å². The third-order valence-corrected chi connectivity index (χ3v) is 4.90. The number of hydrogen-bond donors (Lipinski definition) is 2. The lowest BCUT2D eigenvalue weighted by molar-refractivity contribution is 0.0531. The Labute approximate surface area is 156 Å². The van der Waals surface area contributed by atoms with Crippen LogP contribution in [-0.4, -0.2) is 29.8 Å². The van der Waals surface area contributed by atoms with Crippen molar-refractivity contribution in [2.75, 3.05) is 13.2 Å². The van der Waals surface area contributed by atoms with Crippen molar-refractivity contribution in [2.24, 2.45) is 0 Å². The molecular formula is C21H30N2O3. The number of amides is 1. The molecule has 0 bridgehead atoms. The second kappa shape index (κ2) is 6.92. The number of carbonyl (C=O) groups is 1. The van der Waals surface area contributed by atoms with Crippen LogP contribution in [0.3, 0.4) is 0 Å². The summed E-state index contributed by atoms with van der Waals surface area (Å²) in [5.41, 5.74) is 0.412. The fourth-order valence-electron chi connectivity index (χ4n) is 3.18. The first-order chi connectivity index (χ1) is 11.9. The zero-order valence-corrected chi connectivity index (χ0v) is 16.7. The summed E-state index contributed by atoms with van der Waals surface area (Å²) in [7, 11) is 0. The summed E-state index contributed by atoms with van der Waals surface area (Å²) in [6.07, 6.45) is 0.956. The molecule has 0 radical (unpaired) electrons. The number of carbonyl (C=O) groups excluding carboxylic acids is 1. The highest BCUT2D eigenvalue weighted by Gasteiger charge is 2.35. The maximum Gasteiger partial charge on any atom is 0.252 e. The minimum Gasteiger partial charge on any atom is -0.507 e. The van der Waals surface area contributed by atoms with Crippen molar-refractivity contribution in [1.29, 1.82) is 5.26 Å². The van der Waals surface area contributed by atoms with Gasteiger partial charge in [-0.05, 0) is 23.0 Å². The van der Waals surface area contributed by atoms with Crippen LogP contribution in [0.25, 0.3) is 0 Å². The lowest BCUT2D eigenvalue weighted by Gasteiger charge is -2.32. The van der Waals surface area contributed by atoms with Gasteiger partial charge in [-0.25, -0.2) is 0 Å². The maximum absolute atomic E-state index is 13.0. The molecule has 0 unspecified atom stereocenters. The van der Waals surface area contributed by atoms with Gasteiger partial charge in [0.15, 0.2) is 0 Å². The molecule has 1 fully saturated rings. The Bertz CT molecular complexity index is 692. The third-order valence-electron chi connectivity index (χ3n) is 4.90. The summed E-state index contributed by atoms with van der Waals surface area (Å²) in [5, 5.41) is 23.3. The molecule has 1 amide bonds. The van der Waals surface area contributed by atoms with Gasteiger partial charge >= 0.3 is 0 Å². The highest BCUT2D eigenvalue weighted by atomic mass is 16.5. The monoisotopic (exact) mass is 358 g/mol. The number of nitriles is 1. The molecule has 1 aromatic carbocycles. The fourth-order valence-corrected chi connectivity index (χ4v) is 3.18. The summed E-state index contributed by atoms with van der Waals surface area (Å²) in [5.74, 6) is -0.0490. The average Bonchev–Trinajstić information content (AvgIpc) is 2.53. The molecule has 0 spiro atoms. The van der Waals surface area contributed by atoms with E-state index in [1.54, 1.807) is 12.1 Å². The van der Waals surface area contributed by atoms with Crippen LogP contribution in [0.2, 0.25) is 0 Å². The summed E-state index contributed by atoms with van der Waals surface area (Å²) < 4.78 is 5.32. The molecule has 0 aliphatic carbocycles. The van der Waals surface area contributed by atoms with Crippen LogP contribution in [0.15, 0.2) is 12.1 Å². The number of phenolic OH excluding ortho intramolecular Hbond substituents is 1. The van der Waals surface area contributed by atoms with Crippen molar-refractivity contribution < 1.29 is 14.6 Å². The molecule has 2 rings (SSSR count). The van der Waals surface area contributed by atoms with Gasteiger partial charge in [0.25, 0.3) is 5.91 Å². The second-order valence-corrected chi connectivity index (χ2v) is 9.18. The lowest BCUT2D eigenvalue weighted by atomic mass is 9.78. The van der Waals surface area contributed by atoms with Crippen LogP contribution in [0, 0.1) is 11.3 Å². The zero-order valence-electron chi connectivity index (χ0n) is 16.7. The van der Waals surface area contributed by atoms with Crippen LogP contribution in [0.5, 0.6) is 5.75 Å². The van der Waals surface area contributed by atoms with E-state index in [1.807, 2.05) is 41.5 Å². The molecule has 0 atom stereocenters. The van der Waals surface area contributed by atoms with Gasteiger partial charge in [0.2, 0.25) is 0 Å². The van der Waals surface area contributed by atoms with Crippen LogP contribution in [-0.2, 0) is 15.6 Å². The average molecular weight is 358 g/mol. The van der Waals surface area contributed by atoms with Crippen molar-refractivity contribution >= 4 is 5.91 Å². The molecule has 0 saturated carbocycles. The van der Waals surface area contributed by atoms with Gasteiger partial charge in [-0.2, -0.15) is 5.26 Å². The number of nitrogens with one attached hydrogen (secondary N) is 1. The van der Waals surface area contributed by atoms with E-state index in [9.17, 15) is 15.2 Å². The largest absolute Gasteiger partial charge is 0.507 e. The van der Waals surface area contributed by atoms with Gasteiger partial charge in [0, 0.05) is 42.7 Å². The van der Waals surface area contributed by atoms with Crippen molar-refractivity contribution in [3.63, 3.8) is 0 Å². The highest BCUT2D eigenvalue weighted by Crippen LogP contribution is 2.39. The number of aromatic hydroxyl groups is 1. The van der Waals surface area contributed by atoms with Crippen LogP contribution < -0.4 is 5.32 Å². The van der Waals surface area contributed by atoms with E-state index in [4.69, 9.17) is 4.74 Å². The Kier molecular flexibility index (Phi) is 5.39. The smallest absolute Gasteiger partial charge is 0.252 e. The van der Waals surface area contributed by atoms with Crippen LogP contribution >= 0.6 is 0 Å². The normalized spacial score (nSPS) is 17.4. The van der Waals surface area contributed by atoms with Gasteiger partial charge in [0.1, 0.15) is 11.3 Å². The predicted octanol–water partition coefficient (Wildman–Crippen LogP) is 3.79. The first-order valence-corrected chi connectivity index (χ1v) is 9.09. The van der Waals surface area contributed by atoms with Gasteiger partial charge < -0.3 is 15.2 Å². The topological polar surface area (TPSA) is 82.4 Å². The maximum atomic E-state index is 13.0. The van der Waals surface area contributed by atoms with Crippen molar-refractivity contribution in [2.45, 2.75) is 70.8 Å². The van der Waals surface area contributed by atoms with E-state index in [2.05, 4.69) is 11.4 Å². The Morgan fingerprint density at radius 1 is 1.12 bits per heavy atom. The van der Waals surface area contributed by atoms with E-state index in [1.165, 1.54) is 0 Å². The second-order valence-electron chi connectivity index (χ2n) is 9.18. The Morgan fingerprint density at radius 3 is 1.96 bits per heavy atom. The zero-order chi connectivity index (χ0) is 19.8. The summed E-state index contributed by atoms with van der Waals surface area (Å²) in [4.78, 5) is 13.0. The molecule has 1 aromatic rings. The molecular weight excluding hydrogens is 328 g/mol. The number of ether oxygens (including phenoxy) is 1. The molecule has 26 heavy (non-hydrogen) atoms. The summed E-state index contributed by atoms with van der Waals surface area (Å²) >= 11 is 0. The first-order valence-electron chi connectivity index (χ1n) is 9.09. The molecule has 0 aromatic heterocycles. The van der Waals surface area contributed by atoms with Gasteiger partial charge in [-0.3, -0.25) is 4.79 Å². The molecule has 2 N–H and O–H groups in total. The fraction of sp³-hybridized carbons (Fsp3) is 0.619. The van der Waals surface area contributed by atoms with Gasteiger partial charge in [-0.15, -0.1) is 0 Å². The SMILES string of the molecule is CC(C)(C)c1cc(C(=O)NC2(C#N)CCOCC2)cc(C(C)(C)C)c1O. The highest BCUT2D eigenvalue weighted by molar-refractivity contribution is 5.96. The van der Waals surface area contributed by atoms with Crippen molar-refractivity contribution in [3.05, 3.63) is 28.8 Å². The number of phenols is 1. The van der Waals surface area contributed by atoms with E-state index in [-0.39, 0.29) is 22.5 Å². The standard InChI is InChI=1S/C21H30N2O3/c1-19(2,3)15-11-14(12-16(17(15)24)20(4,5)6)18(25)23-21(13-22)7-9-26-10-8-21/h11-12,24H,7-10H2,1-6H3,(H,23,25). The molecule has 1 saturated heterocycles. The molecule has 5 nitrogen and oxygen atoms in total. The van der Waals surface area contributed by atoms with Crippen molar-refractivity contribution in [3.8, 4) is 11.8 Å². The van der Waals surface area contributed by atoms with E-state index >= 15 is 0 Å². The first kappa shape index (κ1) is 20.3. The van der Waals surface area contributed by atoms with Crippen molar-refractivity contribution in [1.82, 2.24) is 5.32 Å². The molecule has 5 heteroatoms. The Balaban J connectivity index is 2.48. The molecule has 1 heterocycles. The molecule has 1 aliphatic rings. The van der Waals surface area contributed by atoms with E-state index in [0.717, 1.165) is 11.1 Å². The van der Waals surface area contributed by atoms with Gasteiger partial charge in [-0.1, -0.05) is 41.5 Å². The Morgan fingerprint density at radius 2 is 1.58 bits per heavy atom. The molecule has 142 valence electrons. The third kappa shape index (κ3) is 4.19. The summed E-state index contributed by atoms with van der Waals surface area (Å²) in [6, 6.07) is 5.74. The number of benzene rings is 1. The lowest BCUT2D eigenvalue weighted by Crippen LogP contribution is -2.51. The minimum absolute atomic E-state index is 0.239. The predicted molar refractivity (Wildman–Crippen MR) is 101 cm³/mol.